The minimum Gasteiger partial charge on any atom is -0.313 e. The van der Waals surface area contributed by atoms with Crippen molar-refractivity contribution < 1.29 is 0 Å². The van der Waals surface area contributed by atoms with Gasteiger partial charge in [0, 0.05) is 26.2 Å². The van der Waals surface area contributed by atoms with Crippen LogP contribution >= 0.6 is 0 Å². The van der Waals surface area contributed by atoms with E-state index in [2.05, 4.69) is 19.2 Å². The van der Waals surface area contributed by atoms with Gasteiger partial charge >= 0.3 is 0 Å². The lowest BCUT2D eigenvalue weighted by molar-refractivity contribution is 0.340. The number of hydrogen-bond donors (Lipinski definition) is 2. The highest BCUT2D eigenvalue weighted by Crippen LogP contribution is 1.74. The smallest absolute Gasteiger partial charge is 0.0250 e. The summed E-state index contributed by atoms with van der Waals surface area (Å²) >= 11 is 0. The van der Waals surface area contributed by atoms with Gasteiger partial charge in [-0.25, -0.2) is 5.01 Å². The zero-order valence-corrected chi connectivity index (χ0v) is 6.52. The maximum absolute atomic E-state index is 5.37. The predicted octanol–water partition coefficient (Wildman–Crippen LogP) is -0.210. The first-order chi connectivity index (χ1) is 4.13. The van der Waals surface area contributed by atoms with Gasteiger partial charge in [0.25, 0.3) is 0 Å². The first-order valence-corrected chi connectivity index (χ1v) is 3.32. The molecular weight excluding hydrogens is 114 g/mol. The van der Waals surface area contributed by atoms with E-state index in [9.17, 15) is 0 Å². The van der Waals surface area contributed by atoms with E-state index in [4.69, 9.17) is 5.84 Å². The van der Waals surface area contributed by atoms with Gasteiger partial charge in [-0.3, -0.25) is 5.84 Å². The highest BCUT2D eigenvalue weighted by Gasteiger charge is 1.91. The molecule has 3 nitrogen and oxygen atoms in total. The first-order valence-electron chi connectivity index (χ1n) is 3.32. The van der Waals surface area contributed by atoms with Crippen molar-refractivity contribution in [3.8, 4) is 0 Å². The van der Waals surface area contributed by atoms with Crippen molar-refractivity contribution in [3.05, 3.63) is 0 Å². The highest BCUT2D eigenvalue weighted by atomic mass is 15.4. The summed E-state index contributed by atoms with van der Waals surface area (Å²) in [6.07, 6.45) is 0. The molecule has 0 atom stereocenters. The Labute approximate surface area is 57.2 Å². The molecule has 0 amide bonds. The zero-order valence-electron chi connectivity index (χ0n) is 6.52. The van der Waals surface area contributed by atoms with Crippen LogP contribution < -0.4 is 11.2 Å². The molecule has 0 rings (SSSR count). The summed E-state index contributed by atoms with van der Waals surface area (Å²) in [6, 6.07) is 0.560. The molecule has 0 aliphatic heterocycles. The number of nitrogens with two attached hydrogens (primary N) is 1. The Balaban J connectivity index is 2.91. The fraction of sp³-hybridized carbons (Fsp3) is 1.00. The van der Waals surface area contributed by atoms with Gasteiger partial charge in [0.1, 0.15) is 0 Å². The standard InChI is InChI=1S/C6H17N3/c1-6(2)8-4-5-9(3)7/h6,8H,4-5,7H2,1-3H3. The van der Waals surface area contributed by atoms with Crippen molar-refractivity contribution in [2.45, 2.75) is 19.9 Å². The first kappa shape index (κ1) is 8.88. The van der Waals surface area contributed by atoms with Crippen molar-refractivity contribution >= 4 is 0 Å². The summed E-state index contributed by atoms with van der Waals surface area (Å²) in [5.41, 5.74) is 0. The lowest BCUT2D eigenvalue weighted by Gasteiger charge is -2.11. The lowest BCUT2D eigenvalue weighted by Crippen LogP contribution is -2.36. The van der Waals surface area contributed by atoms with Gasteiger partial charge < -0.3 is 5.32 Å². The Morgan fingerprint density at radius 2 is 2.11 bits per heavy atom. The maximum Gasteiger partial charge on any atom is 0.0250 e. The second kappa shape index (κ2) is 4.73. The molecule has 3 heteroatoms. The van der Waals surface area contributed by atoms with E-state index in [1.807, 2.05) is 7.05 Å². The van der Waals surface area contributed by atoms with Crippen LogP contribution in [0.4, 0.5) is 0 Å². The SMILES string of the molecule is CC(C)NCCN(C)N. The van der Waals surface area contributed by atoms with Gasteiger partial charge in [-0.05, 0) is 0 Å². The molecule has 0 heterocycles. The van der Waals surface area contributed by atoms with E-state index < -0.39 is 0 Å². The summed E-state index contributed by atoms with van der Waals surface area (Å²) in [5.74, 6) is 5.37. The van der Waals surface area contributed by atoms with E-state index in [1.54, 1.807) is 5.01 Å². The minimum absolute atomic E-state index is 0.560. The number of nitrogens with one attached hydrogen (secondary N) is 1. The zero-order chi connectivity index (χ0) is 7.28. The molecule has 0 radical (unpaired) electrons. The molecular formula is C6H17N3. The monoisotopic (exact) mass is 131 g/mol. The number of likely N-dealkylation sites (N-methyl/N-ethyl adjacent to an activating group) is 1. The van der Waals surface area contributed by atoms with E-state index >= 15 is 0 Å². The molecule has 0 spiro atoms. The molecule has 56 valence electrons. The third kappa shape index (κ3) is 7.88. The predicted molar refractivity (Wildman–Crippen MR) is 40.0 cm³/mol. The van der Waals surface area contributed by atoms with Crippen molar-refractivity contribution in [2.75, 3.05) is 20.1 Å². The van der Waals surface area contributed by atoms with Crippen LogP contribution in [0, 0.1) is 0 Å². The van der Waals surface area contributed by atoms with Crippen molar-refractivity contribution in [3.63, 3.8) is 0 Å². The van der Waals surface area contributed by atoms with E-state index in [0.29, 0.717) is 6.04 Å². The molecule has 0 aliphatic rings. The van der Waals surface area contributed by atoms with Crippen LogP contribution in [0.1, 0.15) is 13.8 Å². The quantitative estimate of drug-likeness (QED) is 0.410. The molecule has 0 aromatic rings. The molecule has 0 aliphatic carbocycles. The average Bonchev–Trinajstić information content (AvgIpc) is 1.63. The van der Waals surface area contributed by atoms with Crippen LogP contribution in [0.15, 0.2) is 0 Å². The number of hydrazine groups is 1. The van der Waals surface area contributed by atoms with Gasteiger partial charge in [0.05, 0.1) is 0 Å². The van der Waals surface area contributed by atoms with Gasteiger partial charge in [0.15, 0.2) is 0 Å². The lowest BCUT2D eigenvalue weighted by atomic mass is 10.4. The minimum atomic E-state index is 0.560. The number of hydrogen-bond acceptors (Lipinski definition) is 3. The Morgan fingerprint density at radius 3 is 2.44 bits per heavy atom. The third-order valence-corrected chi connectivity index (χ3v) is 1.02. The van der Waals surface area contributed by atoms with Crippen LogP contribution in [0.5, 0.6) is 0 Å². The third-order valence-electron chi connectivity index (χ3n) is 1.02. The summed E-state index contributed by atoms with van der Waals surface area (Å²) in [5, 5.41) is 4.93. The molecule has 0 saturated carbocycles. The molecule has 0 saturated heterocycles. The van der Waals surface area contributed by atoms with E-state index in [0.717, 1.165) is 13.1 Å². The molecule has 0 unspecified atom stereocenters. The molecule has 0 fully saturated rings. The number of rotatable bonds is 4. The fourth-order valence-corrected chi connectivity index (χ4v) is 0.530. The Hall–Kier alpha value is -0.120. The Kier molecular flexibility index (Phi) is 4.67. The summed E-state index contributed by atoms with van der Waals surface area (Å²) in [6.45, 7) is 6.11. The second-order valence-electron chi connectivity index (χ2n) is 2.59. The molecule has 9 heavy (non-hydrogen) atoms. The van der Waals surface area contributed by atoms with E-state index in [-0.39, 0.29) is 0 Å². The Bertz CT molecular complexity index is 53.3. The van der Waals surface area contributed by atoms with Gasteiger partial charge in [-0.1, -0.05) is 13.8 Å². The molecule has 3 N–H and O–H groups in total. The fourth-order valence-electron chi connectivity index (χ4n) is 0.530. The summed E-state index contributed by atoms with van der Waals surface area (Å²) < 4.78 is 0. The highest BCUT2D eigenvalue weighted by molar-refractivity contribution is 4.53. The van der Waals surface area contributed by atoms with Gasteiger partial charge in [-0.2, -0.15) is 0 Å². The Morgan fingerprint density at radius 1 is 1.56 bits per heavy atom. The van der Waals surface area contributed by atoms with Crippen LogP contribution in [0.2, 0.25) is 0 Å². The van der Waals surface area contributed by atoms with Gasteiger partial charge in [0.2, 0.25) is 0 Å². The van der Waals surface area contributed by atoms with Crippen LogP contribution in [0.3, 0.4) is 0 Å². The second-order valence-corrected chi connectivity index (χ2v) is 2.59. The van der Waals surface area contributed by atoms with Gasteiger partial charge in [-0.15, -0.1) is 0 Å². The van der Waals surface area contributed by atoms with Crippen LogP contribution in [-0.2, 0) is 0 Å². The summed E-state index contributed by atoms with van der Waals surface area (Å²) in [4.78, 5) is 0. The largest absolute Gasteiger partial charge is 0.313 e. The number of nitrogens with zero attached hydrogens (tertiary/aromatic N) is 1. The maximum atomic E-state index is 5.37. The molecule has 0 aromatic carbocycles. The normalized spacial score (nSPS) is 11.3. The molecule has 0 aromatic heterocycles. The van der Waals surface area contributed by atoms with Crippen molar-refractivity contribution in [2.24, 2.45) is 5.84 Å². The van der Waals surface area contributed by atoms with Crippen LogP contribution in [0.25, 0.3) is 0 Å². The van der Waals surface area contributed by atoms with Crippen LogP contribution in [-0.4, -0.2) is 31.2 Å². The van der Waals surface area contributed by atoms with Crippen molar-refractivity contribution in [1.82, 2.24) is 10.3 Å². The average molecular weight is 131 g/mol. The summed E-state index contributed by atoms with van der Waals surface area (Å²) in [7, 11) is 1.86. The van der Waals surface area contributed by atoms with E-state index in [1.165, 1.54) is 0 Å². The molecule has 0 bridgehead atoms. The van der Waals surface area contributed by atoms with Crippen molar-refractivity contribution in [1.29, 1.82) is 0 Å². The topological polar surface area (TPSA) is 41.3 Å².